The first kappa shape index (κ1) is 16.8. The number of amides is 1. The van der Waals surface area contributed by atoms with Crippen molar-refractivity contribution >= 4 is 27.7 Å². The average Bonchev–Trinajstić information content (AvgIpc) is 2.85. The van der Waals surface area contributed by atoms with Crippen LogP contribution in [0.15, 0.2) is 58.0 Å². The Morgan fingerprint density at radius 3 is 2.62 bits per heavy atom. The molecular weight excluding hydrogens is 373 g/mol. The Morgan fingerprint density at radius 1 is 1.21 bits per heavy atom. The van der Waals surface area contributed by atoms with Gasteiger partial charge in [0, 0.05) is 22.4 Å². The molecule has 2 aromatic carbocycles. The molecule has 5 heteroatoms. The standard InChI is InChI=1S/C19H17BrFNO2/c1-12(2)19(11-13-5-3-7-15(20)9-13)18(23)22-17(24-19)14-6-4-8-16(21)10-14/h3-10,12H,11H2,1-2H3/t19-/m1/s1. The van der Waals surface area contributed by atoms with E-state index in [1.807, 2.05) is 38.1 Å². The van der Waals surface area contributed by atoms with Crippen molar-refractivity contribution < 1.29 is 13.9 Å². The van der Waals surface area contributed by atoms with Crippen LogP contribution in [0.1, 0.15) is 25.0 Å². The third-order valence-corrected chi connectivity index (χ3v) is 4.70. The fourth-order valence-electron chi connectivity index (χ4n) is 2.80. The van der Waals surface area contributed by atoms with E-state index in [9.17, 15) is 9.18 Å². The number of hydrogen-bond donors (Lipinski definition) is 0. The van der Waals surface area contributed by atoms with Gasteiger partial charge in [-0.15, -0.1) is 0 Å². The minimum Gasteiger partial charge on any atom is -0.460 e. The van der Waals surface area contributed by atoms with E-state index in [0.29, 0.717) is 12.0 Å². The van der Waals surface area contributed by atoms with Gasteiger partial charge in [-0.1, -0.05) is 48.0 Å². The maximum Gasteiger partial charge on any atom is 0.293 e. The summed E-state index contributed by atoms with van der Waals surface area (Å²) in [6.07, 6.45) is 0.408. The van der Waals surface area contributed by atoms with Crippen molar-refractivity contribution in [2.75, 3.05) is 0 Å². The molecule has 0 aromatic heterocycles. The number of carbonyl (C=O) groups excluding carboxylic acids is 1. The highest BCUT2D eigenvalue weighted by Gasteiger charge is 2.49. The van der Waals surface area contributed by atoms with Crippen LogP contribution in [-0.4, -0.2) is 17.4 Å². The first-order valence-corrected chi connectivity index (χ1v) is 8.52. The summed E-state index contributed by atoms with van der Waals surface area (Å²) in [7, 11) is 0. The largest absolute Gasteiger partial charge is 0.460 e. The van der Waals surface area contributed by atoms with Crippen molar-refractivity contribution in [3.63, 3.8) is 0 Å². The van der Waals surface area contributed by atoms with Crippen LogP contribution < -0.4 is 0 Å². The van der Waals surface area contributed by atoms with Crippen LogP contribution in [0.5, 0.6) is 0 Å². The number of hydrogen-bond acceptors (Lipinski definition) is 2. The molecule has 0 radical (unpaired) electrons. The highest BCUT2D eigenvalue weighted by Crippen LogP contribution is 2.34. The van der Waals surface area contributed by atoms with Crippen LogP contribution in [-0.2, 0) is 16.0 Å². The van der Waals surface area contributed by atoms with Gasteiger partial charge >= 0.3 is 0 Å². The maximum absolute atomic E-state index is 13.5. The van der Waals surface area contributed by atoms with Gasteiger partial charge in [0.1, 0.15) is 5.82 Å². The van der Waals surface area contributed by atoms with Gasteiger partial charge in [0.25, 0.3) is 5.91 Å². The second-order valence-corrected chi connectivity index (χ2v) is 7.10. The third-order valence-electron chi connectivity index (χ3n) is 4.20. The predicted molar refractivity (Wildman–Crippen MR) is 94.4 cm³/mol. The lowest BCUT2D eigenvalue weighted by Gasteiger charge is -2.30. The average molecular weight is 390 g/mol. The summed E-state index contributed by atoms with van der Waals surface area (Å²) in [5.41, 5.74) is 0.379. The van der Waals surface area contributed by atoms with Crippen LogP contribution in [0, 0.1) is 11.7 Å². The van der Waals surface area contributed by atoms with E-state index >= 15 is 0 Å². The number of carbonyl (C=O) groups is 1. The second kappa shape index (κ2) is 6.48. The molecule has 1 amide bonds. The molecule has 3 rings (SSSR count). The van der Waals surface area contributed by atoms with Crippen LogP contribution >= 0.6 is 15.9 Å². The zero-order valence-electron chi connectivity index (χ0n) is 13.4. The Balaban J connectivity index is 1.94. The molecule has 1 atom stereocenters. The molecule has 0 saturated heterocycles. The first-order valence-electron chi connectivity index (χ1n) is 7.73. The van der Waals surface area contributed by atoms with E-state index in [0.717, 1.165) is 10.0 Å². The number of ether oxygens (including phenoxy) is 1. The minimum atomic E-state index is -1.07. The molecule has 0 bridgehead atoms. The number of benzene rings is 2. The molecule has 124 valence electrons. The lowest BCUT2D eigenvalue weighted by molar-refractivity contribution is -0.134. The topological polar surface area (TPSA) is 38.7 Å². The fourth-order valence-corrected chi connectivity index (χ4v) is 3.25. The molecule has 0 unspecified atom stereocenters. The van der Waals surface area contributed by atoms with E-state index in [1.54, 1.807) is 12.1 Å². The number of halogens is 2. The number of rotatable bonds is 4. The van der Waals surface area contributed by atoms with E-state index in [4.69, 9.17) is 4.74 Å². The Hall–Kier alpha value is -2.01. The molecule has 2 aromatic rings. The van der Waals surface area contributed by atoms with E-state index in [-0.39, 0.29) is 23.5 Å². The van der Waals surface area contributed by atoms with Crippen molar-refractivity contribution in [2.45, 2.75) is 25.9 Å². The third kappa shape index (κ3) is 3.13. The molecule has 1 heterocycles. The van der Waals surface area contributed by atoms with Gasteiger partial charge in [0.15, 0.2) is 5.60 Å². The van der Waals surface area contributed by atoms with Crippen LogP contribution in [0.25, 0.3) is 0 Å². The highest BCUT2D eigenvalue weighted by molar-refractivity contribution is 9.10. The lowest BCUT2D eigenvalue weighted by Crippen LogP contribution is -2.45. The molecule has 0 fully saturated rings. The summed E-state index contributed by atoms with van der Waals surface area (Å²) < 4.78 is 20.4. The SMILES string of the molecule is CC(C)[C@@]1(Cc2cccc(Br)c2)OC(c2cccc(F)c2)=NC1=O. The summed E-state index contributed by atoms with van der Waals surface area (Å²) in [5, 5.41) is 0. The van der Waals surface area contributed by atoms with Crippen molar-refractivity contribution in [1.29, 1.82) is 0 Å². The van der Waals surface area contributed by atoms with Gasteiger partial charge in [-0.05, 0) is 35.9 Å². The molecule has 1 aliphatic heterocycles. The zero-order chi connectivity index (χ0) is 17.3. The van der Waals surface area contributed by atoms with Gasteiger partial charge in [-0.2, -0.15) is 4.99 Å². The Kier molecular flexibility index (Phi) is 4.54. The first-order chi connectivity index (χ1) is 11.4. The molecule has 3 nitrogen and oxygen atoms in total. The highest BCUT2D eigenvalue weighted by atomic mass is 79.9. The minimum absolute atomic E-state index is 0.0845. The number of nitrogens with zero attached hydrogens (tertiary/aromatic N) is 1. The van der Waals surface area contributed by atoms with Crippen LogP contribution in [0.4, 0.5) is 4.39 Å². The van der Waals surface area contributed by atoms with E-state index in [1.165, 1.54) is 12.1 Å². The van der Waals surface area contributed by atoms with Gasteiger partial charge in [-0.3, -0.25) is 4.79 Å². The summed E-state index contributed by atoms with van der Waals surface area (Å²) in [6, 6.07) is 13.7. The van der Waals surface area contributed by atoms with E-state index in [2.05, 4.69) is 20.9 Å². The van der Waals surface area contributed by atoms with Gasteiger partial charge < -0.3 is 4.74 Å². The Morgan fingerprint density at radius 2 is 1.96 bits per heavy atom. The van der Waals surface area contributed by atoms with Crippen molar-refractivity contribution in [1.82, 2.24) is 0 Å². The number of aliphatic imine (C=N–C) groups is 1. The fraction of sp³-hybridized carbons (Fsp3) is 0.263. The molecule has 0 aliphatic carbocycles. The monoisotopic (exact) mass is 389 g/mol. The van der Waals surface area contributed by atoms with Gasteiger partial charge in [0.2, 0.25) is 5.90 Å². The lowest BCUT2D eigenvalue weighted by atomic mass is 9.83. The smallest absolute Gasteiger partial charge is 0.293 e. The molecule has 0 saturated carbocycles. The van der Waals surface area contributed by atoms with E-state index < -0.39 is 5.60 Å². The molecule has 0 N–H and O–H groups in total. The second-order valence-electron chi connectivity index (χ2n) is 6.19. The molecular formula is C19H17BrFNO2. The zero-order valence-corrected chi connectivity index (χ0v) is 15.0. The summed E-state index contributed by atoms with van der Waals surface area (Å²) in [6.45, 7) is 3.86. The summed E-state index contributed by atoms with van der Waals surface area (Å²) >= 11 is 3.44. The normalized spacial score (nSPS) is 20.2. The predicted octanol–water partition coefficient (Wildman–Crippen LogP) is 4.53. The van der Waals surface area contributed by atoms with Crippen molar-refractivity contribution in [3.8, 4) is 0 Å². The van der Waals surface area contributed by atoms with Gasteiger partial charge in [-0.25, -0.2) is 4.39 Å². The van der Waals surface area contributed by atoms with Gasteiger partial charge in [0.05, 0.1) is 0 Å². The summed E-state index contributed by atoms with van der Waals surface area (Å²) in [5.74, 6) is -0.612. The molecule has 0 spiro atoms. The Labute approximate surface area is 148 Å². The van der Waals surface area contributed by atoms with Crippen LogP contribution in [0.3, 0.4) is 0 Å². The van der Waals surface area contributed by atoms with Crippen molar-refractivity contribution in [2.24, 2.45) is 10.9 Å². The quantitative estimate of drug-likeness (QED) is 0.770. The summed E-state index contributed by atoms with van der Waals surface area (Å²) in [4.78, 5) is 16.7. The van der Waals surface area contributed by atoms with Crippen molar-refractivity contribution in [3.05, 3.63) is 69.9 Å². The van der Waals surface area contributed by atoms with Crippen LogP contribution in [0.2, 0.25) is 0 Å². The molecule has 1 aliphatic rings. The molecule has 24 heavy (non-hydrogen) atoms. The maximum atomic E-state index is 13.5. The Bertz CT molecular complexity index is 819.